The predicted octanol–water partition coefficient (Wildman–Crippen LogP) is 3.81. The lowest BCUT2D eigenvalue weighted by Gasteiger charge is -2.11. The van der Waals surface area contributed by atoms with Crippen molar-refractivity contribution in [1.82, 2.24) is 10.4 Å². The molecule has 2 aromatic rings. The van der Waals surface area contributed by atoms with Gasteiger partial charge in [-0.3, -0.25) is 10.4 Å². The number of thiocarbonyl (C=S) groups is 1. The van der Waals surface area contributed by atoms with Gasteiger partial charge in [-0.05, 0) is 49.5 Å². The second kappa shape index (κ2) is 7.19. The number of rotatable bonds is 3. The maximum Gasteiger partial charge on any atom is 0.416 e. The van der Waals surface area contributed by atoms with E-state index < -0.39 is 11.7 Å². The summed E-state index contributed by atoms with van der Waals surface area (Å²) in [5, 5.41) is 6.78. The molecule has 120 valence electrons. The Morgan fingerprint density at radius 1 is 1.17 bits per heavy atom. The summed E-state index contributed by atoms with van der Waals surface area (Å²) >= 11 is 5.01. The van der Waals surface area contributed by atoms with Crippen LogP contribution < -0.4 is 10.7 Å². The van der Waals surface area contributed by atoms with E-state index in [0.717, 1.165) is 12.1 Å². The average molecular weight is 338 g/mol. The Bertz CT molecular complexity index is 714. The molecule has 23 heavy (non-hydrogen) atoms. The summed E-state index contributed by atoms with van der Waals surface area (Å²) in [6, 6.07) is 10.1. The van der Waals surface area contributed by atoms with Crippen molar-refractivity contribution in [3.8, 4) is 0 Å². The van der Waals surface area contributed by atoms with Crippen LogP contribution in [0, 0.1) is 0 Å². The Morgan fingerprint density at radius 2 is 1.96 bits per heavy atom. The van der Waals surface area contributed by atoms with Crippen molar-refractivity contribution in [2.24, 2.45) is 5.10 Å². The molecule has 0 aliphatic heterocycles. The van der Waals surface area contributed by atoms with Gasteiger partial charge >= 0.3 is 6.18 Å². The van der Waals surface area contributed by atoms with Gasteiger partial charge in [0.1, 0.15) is 0 Å². The van der Waals surface area contributed by atoms with Gasteiger partial charge in [-0.2, -0.15) is 18.3 Å². The third kappa shape index (κ3) is 5.03. The molecule has 0 bridgehead atoms. The summed E-state index contributed by atoms with van der Waals surface area (Å²) in [5.74, 6) is 0. The molecule has 1 heterocycles. The lowest BCUT2D eigenvalue weighted by atomic mass is 10.2. The van der Waals surface area contributed by atoms with Crippen LogP contribution >= 0.6 is 12.2 Å². The molecule has 1 aromatic heterocycles. The van der Waals surface area contributed by atoms with Crippen molar-refractivity contribution < 1.29 is 13.2 Å². The summed E-state index contributed by atoms with van der Waals surface area (Å²) in [7, 11) is 0. The first-order valence-corrected chi connectivity index (χ1v) is 6.97. The maximum absolute atomic E-state index is 12.6. The van der Waals surface area contributed by atoms with Crippen LogP contribution in [0.4, 0.5) is 18.9 Å². The van der Waals surface area contributed by atoms with Gasteiger partial charge in [0.05, 0.1) is 17.0 Å². The molecule has 8 heteroatoms. The number of hydrazone groups is 1. The second-order valence-corrected chi connectivity index (χ2v) is 4.96. The summed E-state index contributed by atoms with van der Waals surface area (Å²) in [6.07, 6.45) is -2.77. The fraction of sp³-hybridized carbons (Fsp3) is 0.133. The number of hydrogen-bond acceptors (Lipinski definition) is 3. The Kier molecular flexibility index (Phi) is 5.28. The monoisotopic (exact) mass is 338 g/mol. The fourth-order valence-corrected chi connectivity index (χ4v) is 1.86. The van der Waals surface area contributed by atoms with Crippen LogP contribution in [0.15, 0.2) is 53.8 Å². The van der Waals surface area contributed by atoms with E-state index in [4.69, 9.17) is 12.2 Å². The number of pyridine rings is 1. The molecule has 0 amide bonds. The number of benzene rings is 1. The van der Waals surface area contributed by atoms with Gasteiger partial charge in [-0.15, -0.1) is 0 Å². The molecular formula is C15H13F3N4S. The zero-order valence-corrected chi connectivity index (χ0v) is 12.9. The van der Waals surface area contributed by atoms with Crippen LogP contribution in [-0.4, -0.2) is 15.8 Å². The van der Waals surface area contributed by atoms with Gasteiger partial charge in [0.25, 0.3) is 0 Å². The minimum atomic E-state index is -4.40. The molecule has 4 nitrogen and oxygen atoms in total. The molecule has 1 aromatic carbocycles. The minimum absolute atomic E-state index is 0.0830. The summed E-state index contributed by atoms with van der Waals surface area (Å²) in [5.41, 5.74) is 3.31. The molecule has 0 fully saturated rings. The summed E-state index contributed by atoms with van der Waals surface area (Å²) in [4.78, 5) is 4.12. The molecule has 0 atom stereocenters. The molecule has 2 rings (SSSR count). The average Bonchev–Trinajstić information content (AvgIpc) is 2.53. The van der Waals surface area contributed by atoms with Gasteiger partial charge in [-0.1, -0.05) is 12.1 Å². The lowest BCUT2D eigenvalue weighted by Crippen LogP contribution is -2.25. The molecule has 0 unspecified atom stereocenters. The first-order valence-electron chi connectivity index (χ1n) is 6.56. The predicted molar refractivity (Wildman–Crippen MR) is 87.2 cm³/mol. The van der Waals surface area contributed by atoms with E-state index in [1.165, 1.54) is 12.1 Å². The van der Waals surface area contributed by atoms with Crippen LogP contribution in [-0.2, 0) is 6.18 Å². The number of nitrogens with one attached hydrogen (secondary N) is 2. The standard InChI is InChI=1S/C15H13F3N4S/c1-10(13-7-2-3-8-19-13)21-22-14(23)20-12-6-4-5-11(9-12)15(16,17)18/h2-9H,1H3,(H2,20,22,23)/b21-10+. The van der Waals surface area contributed by atoms with Crippen molar-refractivity contribution in [2.75, 3.05) is 5.32 Å². The molecular weight excluding hydrogens is 325 g/mol. The minimum Gasteiger partial charge on any atom is -0.331 e. The highest BCUT2D eigenvalue weighted by Crippen LogP contribution is 2.30. The van der Waals surface area contributed by atoms with Crippen LogP contribution in [0.1, 0.15) is 18.2 Å². The van der Waals surface area contributed by atoms with E-state index in [2.05, 4.69) is 20.8 Å². The number of nitrogens with zero attached hydrogens (tertiary/aromatic N) is 2. The third-order valence-electron chi connectivity index (χ3n) is 2.81. The number of aromatic nitrogens is 1. The molecule has 0 saturated heterocycles. The van der Waals surface area contributed by atoms with E-state index in [-0.39, 0.29) is 10.8 Å². The first kappa shape index (κ1) is 16.9. The highest BCUT2D eigenvalue weighted by molar-refractivity contribution is 7.80. The maximum atomic E-state index is 12.6. The van der Waals surface area contributed by atoms with E-state index in [1.54, 1.807) is 25.3 Å². The number of alkyl halides is 3. The molecule has 0 aliphatic rings. The van der Waals surface area contributed by atoms with Gasteiger partial charge in [0.15, 0.2) is 5.11 Å². The highest BCUT2D eigenvalue weighted by Gasteiger charge is 2.30. The first-order chi connectivity index (χ1) is 10.9. The summed E-state index contributed by atoms with van der Waals surface area (Å²) < 4.78 is 37.9. The topological polar surface area (TPSA) is 49.3 Å². The lowest BCUT2D eigenvalue weighted by molar-refractivity contribution is -0.137. The Hall–Kier alpha value is -2.48. The number of anilines is 1. The largest absolute Gasteiger partial charge is 0.416 e. The number of hydrogen-bond donors (Lipinski definition) is 2. The Morgan fingerprint density at radius 3 is 2.61 bits per heavy atom. The zero-order valence-electron chi connectivity index (χ0n) is 12.1. The van der Waals surface area contributed by atoms with Crippen LogP contribution in [0.3, 0.4) is 0 Å². The number of halogens is 3. The van der Waals surface area contributed by atoms with Gasteiger partial charge in [0.2, 0.25) is 0 Å². The smallest absolute Gasteiger partial charge is 0.331 e. The highest BCUT2D eigenvalue weighted by atomic mass is 32.1. The Labute approximate surface area is 136 Å². The Balaban J connectivity index is 2.00. The fourth-order valence-electron chi connectivity index (χ4n) is 1.70. The van der Waals surface area contributed by atoms with Crippen molar-refractivity contribution in [3.63, 3.8) is 0 Å². The molecule has 0 saturated carbocycles. The van der Waals surface area contributed by atoms with Gasteiger partial charge < -0.3 is 5.32 Å². The van der Waals surface area contributed by atoms with E-state index >= 15 is 0 Å². The summed E-state index contributed by atoms with van der Waals surface area (Å²) in [6.45, 7) is 1.74. The SMILES string of the molecule is C/C(=N\NC(=S)Nc1cccc(C(F)(F)F)c1)c1ccccn1. The van der Waals surface area contributed by atoms with Crippen molar-refractivity contribution in [1.29, 1.82) is 0 Å². The zero-order chi connectivity index (χ0) is 16.9. The quantitative estimate of drug-likeness (QED) is 0.508. The van der Waals surface area contributed by atoms with E-state index in [0.29, 0.717) is 11.4 Å². The van der Waals surface area contributed by atoms with Crippen LogP contribution in [0.2, 0.25) is 0 Å². The molecule has 2 N–H and O–H groups in total. The van der Waals surface area contributed by atoms with Gasteiger partial charge in [0, 0.05) is 11.9 Å². The van der Waals surface area contributed by atoms with Crippen molar-refractivity contribution >= 4 is 28.7 Å². The van der Waals surface area contributed by atoms with E-state index in [9.17, 15) is 13.2 Å². The van der Waals surface area contributed by atoms with E-state index in [1.807, 2.05) is 6.07 Å². The van der Waals surface area contributed by atoms with Crippen molar-refractivity contribution in [2.45, 2.75) is 13.1 Å². The van der Waals surface area contributed by atoms with Gasteiger partial charge in [-0.25, -0.2) is 0 Å². The van der Waals surface area contributed by atoms with Crippen LogP contribution in [0.5, 0.6) is 0 Å². The second-order valence-electron chi connectivity index (χ2n) is 4.56. The molecule has 0 aliphatic carbocycles. The normalized spacial score (nSPS) is 11.9. The third-order valence-corrected chi connectivity index (χ3v) is 3.00. The molecule has 0 spiro atoms. The van der Waals surface area contributed by atoms with Crippen LogP contribution in [0.25, 0.3) is 0 Å². The van der Waals surface area contributed by atoms with Crippen molar-refractivity contribution in [3.05, 3.63) is 59.9 Å². The molecule has 0 radical (unpaired) electrons.